The molecule has 2 unspecified atom stereocenters. The molecule has 128 valence electrons. The Morgan fingerprint density at radius 2 is 2.04 bits per heavy atom. The fourth-order valence-electron chi connectivity index (χ4n) is 2.04. The molecule has 1 aromatic carbocycles. The van der Waals surface area contributed by atoms with Gasteiger partial charge in [-0.3, -0.25) is 19.5 Å². The average Bonchev–Trinajstić information content (AvgIpc) is 2.50. The molecule has 0 aromatic heterocycles. The maximum absolute atomic E-state index is 12.4. The van der Waals surface area contributed by atoms with Gasteiger partial charge in [-0.25, -0.2) is 0 Å². The summed E-state index contributed by atoms with van der Waals surface area (Å²) < 4.78 is 17.3. The van der Waals surface area contributed by atoms with Gasteiger partial charge in [0.25, 0.3) is 0 Å². The number of benzene rings is 1. The molecule has 9 heteroatoms. The third-order valence-electron chi connectivity index (χ3n) is 3.79. The van der Waals surface area contributed by atoms with E-state index in [1.54, 1.807) is 0 Å². The molecule has 0 aliphatic heterocycles. The molecule has 1 aromatic rings. The van der Waals surface area contributed by atoms with Gasteiger partial charge >= 0.3 is 11.7 Å². The molecular formula is C14H20NO7P. The maximum Gasteiger partial charge on any atom is 0.311 e. The van der Waals surface area contributed by atoms with Crippen LogP contribution in [0.3, 0.4) is 0 Å². The van der Waals surface area contributed by atoms with E-state index in [0.717, 1.165) is 0 Å². The van der Waals surface area contributed by atoms with Crippen LogP contribution in [-0.4, -0.2) is 34.2 Å². The summed E-state index contributed by atoms with van der Waals surface area (Å²) in [4.78, 5) is 31.4. The van der Waals surface area contributed by atoms with E-state index in [0.29, 0.717) is 5.56 Å². The molecular weight excluding hydrogens is 325 g/mol. The molecule has 0 radical (unpaired) electrons. The second-order valence-electron chi connectivity index (χ2n) is 5.37. The number of nitro groups is 1. The van der Waals surface area contributed by atoms with E-state index in [4.69, 9.17) is 9.84 Å². The van der Waals surface area contributed by atoms with Crippen molar-refractivity contribution in [3.05, 3.63) is 33.9 Å². The van der Waals surface area contributed by atoms with Gasteiger partial charge in [-0.15, -0.1) is 0 Å². The van der Waals surface area contributed by atoms with Crippen LogP contribution in [0.25, 0.3) is 0 Å². The van der Waals surface area contributed by atoms with E-state index in [2.05, 4.69) is 0 Å². The molecule has 0 bridgehead atoms. The van der Waals surface area contributed by atoms with Gasteiger partial charge < -0.3 is 14.7 Å². The van der Waals surface area contributed by atoms with Gasteiger partial charge in [0.2, 0.25) is 7.37 Å². The van der Waals surface area contributed by atoms with Crippen molar-refractivity contribution in [3.63, 3.8) is 0 Å². The van der Waals surface area contributed by atoms with Crippen molar-refractivity contribution in [3.8, 4) is 5.75 Å². The second-order valence-corrected chi connectivity index (χ2v) is 8.10. The monoisotopic (exact) mass is 345 g/mol. The van der Waals surface area contributed by atoms with Gasteiger partial charge in [-0.2, -0.15) is 0 Å². The Morgan fingerprint density at radius 1 is 1.43 bits per heavy atom. The molecule has 0 fully saturated rings. The Kier molecular flexibility index (Phi) is 6.29. The summed E-state index contributed by atoms with van der Waals surface area (Å²) in [5, 5.41) is 19.9. The Hall–Kier alpha value is -1.92. The first-order valence-corrected chi connectivity index (χ1v) is 8.88. The lowest BCUT2D eigenvalue weighted by atomic mass is 10.1. The number of methoxy groups -OCH3 is 1. The second kappa shape index (κ2) is 7.57. The zero-order valence-corrected chi connectivity index (χ0v) is 14.0. The molecule has 0 spiro atoms. The molecule has 0 aliphatic rings. The van der Waals surface area contributed by atoms with Crippen LogP contribution in [0.15, 0.2) is 18.2 Å². The zero-order chi connectivity index (χ0) is 17.8. The molecule has 0 saturated carbocycles. The quantitative estimate of drug-likeness (QED) is 0.421. The first kappa shape index (κ1) is 19.1. The third kappa shape index (κ3) is 4.77. The number of carboxylic acid groups (broad SMARTS) is 1. The number of nitrogens with zero attached hydrogens (tertiary/aromatic N) is 1. The van der Waals surface area contributed by atoms with Gasteiger partial charge in [-0.05, 0) is 25.0 Å². The third-order valence-corrected chi connectivity index (χ3v) is 6.20. The lowest BCUT2D eigenvalue weighted by Gasteiger charge is -2.20. The van der Waals surface area contributed by atoms with Crippen molar-refractivity contribution in [1.82, 2.24) is 0 Å². The maximum atomic E-state index is 12.4. The van der Waals surface area contributed by atoms with Crippen molar-refractivity contribution < 1.29 is 29.0 Å². The van der Waals surface area contributed by atoms with Crippen molar-refractivity contribution >= 4 is 19.0 Å². The number of ether oxygens (including phenoxy) is 1. The van der Waals surface area contributed by atoms with Crippen molar-refractivity contribution in [2.45, 2.75) is 25.9 Å². The summed E-state index contributed by atoms with van der Waals surface area (Å²) in [5.41, 5.74) is -0.782. The van der Waals surface area contributed by atoms with Gasteiger partial charge in [0.1, 0.15) is 0 Å². The minimum Gasteiger partial charge on any atom is -0.490 e. The van der Waals surface area contributed by atoms with Crippen LogP contribution in [0.1, 0.15) is 31.5 Å². The Balaban J connectivity index is 3.01. The van der Waals surface area contributed by atoms with E-state index in [1.165, 1.54) is 39.2 Å². The van der Waals surface area contributed by atoms with Crippen molar-refractivity contribution in [2.75, 3.05) is 13.3 Å². The highest BCUT2D eigenvalue weighted by Gasteiger charge is 2.31. The fraction of sp³-hybridized carbons (Fsp3) is 0.500. The number of nitro benzene ring substituents is 1. The topological polar surface area (TPSA) is 127 Å². The minimum absolute atomic E-state index is 0.0612. The smallest absolute Gasteiger partial charge is 0.311 e. The molecule has 0 heterocycles. The highest BCUT2D eigenvalue weighted by Crippen LogP contribution is 2.56. The van der Waals surface area contributed by atoms with Crippen molar-refractivity contribution in [2.24, 2.45) is 5.92 Å². The first-order valence-electron chi connectivity index (χ1n) is 6.96. The Bertz CT molecular complexity index is 646. The lowest BCUT2D eigenvalue weighted by Crippen LogP contribution is -2.12. The summed E-state index contributed by atoms with van der Waals surface area (Å²) in [6.45, 7) is 2.96. The normalized spacial score (nSPS) is 16.2. The molecule has 23 heavy (non-hydrogen) atoms. The number of carboxylic acids is 1. The van der Waals surface area contributed by atoms with E-state index >= 15 is 0 Å². The van der Waals surface area contributed by atoms with E-state index in [1.807, 2.05) is 0 Å². The van der Waals surface area contributed by atoms with Crippen LogP contribution < -0.4 is 4.74 Å². The number of hydrogen-bond acceptors (Lipinski definition) is 5. The summed E-state index contributed by atoms with van der Waals surface area (Å²) in [6, 6.07) is 4.09. The van der Waals surface area contributed by atoms with Crippen LogP contribution in [0, 0.1) is 16.0 Å². The fourth-order valence-corrected chi connectivity index (χ4v) is 3.81. The summed E-state index contributed by atoms with van der Waals surface area (Å²) in [5.74, 6) is -1.69. The van der Waals surface area contributed by atoms with E-state index in [-0.39, 0.29) is 24.0 Å². The average molecular weight is 345 g/mol. The van der Waals surface area contributed by atoms with Crippen LogP contribution >= 0.6 is 7.37 Å². The van der Waals surface area contributed by atoms with Crippen LogP contribution in [0.5, 0.6) is 5.75 Å². The molecule has 0 saturated heterocycles. The van der Waals surface area contributed by atoms with Crippen LogP contribution in [0.2, 0.25) is 0 Å². The molecule has 1 rings (SSSR count). The van der Waals surface area contributed by atoms with Gasteiger partial charge in [0.15, 0.2) is 5.75 Å². The first-order chi connectivity index (χ1) is 10.6. The zero-order valence-electron chi connectivity index (χ0n) is 13.1. The highest BCUT2D eigenvalue weighted by atomic mass is 31.2. The largest absolute Gasteiger partial charge is 0.490 e. The standard InChI is InChI=1S/C14H20NO7P/c1-9(14(16)17)6-7-23(20,21)10(2)11-4-5-13(22-3)12(8-11)15(18)19/h4-5,8-10H,6-7H2,1-3H3,(H,16,17)(H,20,21)/t9-,10?/m0/s1. The number of hydrogen-bond donors (Lipinski definition) is 2. The van der Waals surface area contributed by atoms with Crippen LogP contribution in [0.4, 0.5) is 5.69 Å². The number of aliphatic carboxylic acids is 1. The summed E-state index contributed by atoms with van der Waals surface area (Å²) in [7, 11) is -2.40. The number of rotatable bonds is 8. The van der Waals surface area contributed by atoms with Gasteiger partial charge in [-0.1, -0.05) is 13.0 Å². The van der Waals surface area contributed by atoms with E-state index in [9.17, 15) is 24.4 Å². The minimum atomic E-state index is -3.70. The number of carbonyl (C=O) groups is 1. The van der Waals surface area contributed by atoms with Gasteiger partial charge in [0.05, 0.1) is 23.6 Å². The van der Waals surface area contributed by atoms with Crippen molar-refractivity contribution in [1.29, 1.82) is 0 Å². The molecule has 8 nitrogen and oxygen atoms in total. The lowest BCUT2D eigenvalue weighted by molar-refractivity contribution is -0.385. The SMILES string of the molecule is COc1ccc(C(C)P(=O)(O)CC[C@H](C)C(=O)O)cc1[N+](=O)[O-]. The Morgan fingerprint density at radius 3 is 2.52 bits per heavy atom. The molecule has 3 atom stereocenters. The summed E-state index contributed by atoms with van der Waals surface area (Å²) >= 11 is 0. The Labute approximate surface area is 133 Å². The highest BCUT2D eigenvalue weighted by molar-refractivity contribution is 7.58. The molecule has 0 aliphatic carbocycles. The predicted molar refractivity (Wildman–Crippen MR) is 84.2 cm³/mol. The predicted octanol–water partition coefficient (Wildman–Crippen LogP) is 3.05. The molecule has 2 N–H and O–H groups in total. The van der Waals surface area contributed by atoms with Crippen LogP contribution in [-0.2, 0) is 9.36 Å². The molecule has 0 amide bonds. The van der Waals surface area contributed by atoms with E-state index < -0.39 is 29.8 Å². The summed E-state index contributed by atoms with van der Waals surface area (Å²) in [6.07, 6.45) is -0.104. The van der Waals surface area contributed by atoms with Gasteiger partial charge in [0, 0.05) is 12.2 Å².